The number of primary sulfonamides is 1. The lowest BCUT2D eigenvalue weighted by atomic mass is 10.2. The first-order valence-corrected chi connectivity index (χ1v) is 12.2. The molecule has 2 rings (SSSR count). The van der Waals surface area contributed by atoms with E-state index >= 15 is 0 Å². The summed E-state index contributed by atoms with van der Waals surface area (Å²) >= 11 is 6.07. The molecule has 30 heavy (non-hydrogen) atoms. The molecule has 12 heteroatoms. The molecule has 0 spiro atoms. The number of hydrogen-bond acceptors (Lipinski definition) is 6. The Morgan fingerprint density at radius 1 is 1.07 bits per heavy atom. The number of rotatable bonds is 10. The normalized spacial score (nSPS) is 11.8. The summed E-state index contributed by atoms with van der Waals surface area (Å²) in [7, 11) is -7.43. The molecule has 4 N–H and O–H groups in total. The monoisotopic (exact) mass is 475 g/mol. The molecule has 0 heterocycles. The Kier molecular flexibility index (Phi) is 8.21. The van der Waals surface area contributed by atoms with Gasteiger partial charge in [-0.1, -0.05) is 30.7 Å². The molecule has 0 aliphatic heterocycles. The number of amides is 1. The van der Waals surface area contributed by atoms with Crippen molar-refractivity contribution in [3.8, 4) is 5.75 Å². The van der Waals surface area contributed by atoms with Crippen molar-refractivity contribution >= 4 is 37.6 Å². The average Bonchev–Trinajstić information content (AvgIpc) is 2.69. The Hall–Kier alpha value is -2.18. The molecule has 0 saturated carbocycles. The van der Waals surface area contributed by atoms with Crippen molar-refractivity contribution in [3.63, 3.8) is 0 Å². The topological polar surface area (TPSA) is 145 Å². The number of carbonyl (C=O) groups is 1. The summed E-state index contributed by atoms with van der Waals surface area (Å²) in [6.45, 7) is 1.97. The number of hydrogen-bond donors (Lipinski definition) is 3. The van der Waals surface area contributed by atoms with E-state index < -0.39 is 26.0 Å². The SMILES string of the molecule is CCCNS(=O)(=O)c1ccc(OCC(=O)NCc2ccc(S(N)(=O)=O)cc2)c(Cl)c1. The highest BCUT2D eigenvalue weighted by Gasteiger charge is 2.16. The average molecular weight is 476 g/mol. The van der Waals surface area contributed by atoms with Crippen molar-refractivity contribution < 1.29 is 26.4 Å². The van der Waals surface area contributed by atoms with Gasteiger partial charge in [-0.05, 0) is 42.3 Å². The van der Waals surface area contributed by atoms with Crippen LogP contribution in [0, 0.1) is 0 Å². The maximum absolute atomic E-state index is 12.1. The summed E-state index contributed by atoms with van der Waals surface area (Å²) in [4.78, 5) is 11.9. The molecule has 164 valence electrons. The molecule has 2 aromatic carbocycles. The van der Waals surface area contributed by atoms with Crippen molar-refractivity contribution in [2.24, 2.45) is 5.14 Å². The molecule has 2 aromatic rings. The minimum Gasteiger partial charge on any atom is -0.482 e. The molecule has 0 bridgehead atoms. The fraction of sp³-hybridized carbons (Fsp3) is 0.278. The summed E-state index contributed by atoms with van der Waals surface area (Å²) in [5.41, 5.74) is 0.669. The van der Waals surface area contributed by atoms with Gasteiger partial charge in [-0.25, -0.2) is 26.7 Å². The number of benzene rings is 2. The van der Waals surface area contributed by atoms with E-state index in [1.165, 1.54) is 42.5 Å². The van der Waals surface area contributed by atoms with E-state index in [0.29, 0.717) is 18.5 Å². The molecular formula is C18H22ClN3O6S2. The quantitative estimate of drug-likeness (QED) is 0.473. The van der Waals surface area contributed by atoms with E-state index in [2.05, 4.69) is 10.0 Å². The van der Waals surface area contributed by atoms with Crippen molar-refractivity contribution in [2.75, 3.05) is 13.2 Å². The van der Waals surface area contributed by atoms with Crippen molar-refractivity contribution in [3.05, 3.63) is 53.1 Å². The molecule has 9 nitrogen and oxygen atoms in total. The van der Waals surface area contributed by atoms with Crippen LogP contribution < -0.4 is 19.9 Å². The van der Waals surface area contributed by atoms with E-state index in [9.17, 15) is 21.6 Å². The molecular weight excluding hydrogens is 454 g/mol. The van der Waals surface area contributed by atoms with Crippen molar-refractivity contribution in [1.82, 2.24) is 10.0 Å². The van der Waals surface area contributed by atoms with E-state index in [1.807, 2.05) is 6.92 Å². The Bertz CT molecular complexity index is 1100. The first kappa shape index (κ1) is 24.1. The molecule has 0 radical (unpaired) electrons. The second-order valence-electron chi connectivity index (χ2n) is 6.24. The highest BCUT2D eigenvalue weighted by molar-refractivity contribution is 7.89. The third-order valence-corrected chi connectivity index (χ3v) is 6.54. The highest BCUT2D eigenvalue weighted by atomic mass is 35.5. The van der Waals surface area contributed by atoms with E-state index in [-0.39, 0.29) is 33.7 Å². The van der Waals surface area contributed by atoms with Gasteiger partial charge in [0.2, 0.25) is 20.0 Å². The summed E-state index contributed by atoms with van der Waals surface area (Å²) in [6.07, 6.45) is 0.652. The molecule has 1 amide bonds. The lowest BCUT2D eigenvalue weighted by Crippen LogP contribution is -2.28. The summed E-state index contributed by atoms with van der Waals surface area (Å²) in [5.74, 6) is -0.276. The molecule has 0 fully saturated rings. The fourth-order valence-corrected chi connectivity index (χ4v) is 4.25. The Morgan fingerprint density at radius 2 is 1.70 bits per heavy atom. The van der Waals surface area contributed by atoms with Gasteiger partial charge < -0.3 is 10.1 Å². The molecule has 0 aliphatic rings. The minimum absolute atomic E-state index is 0.000641. The van der Waals surface area contributed by atoms with Gasteiger partial charge in [-0.15, -0.1) is 0 Å². The summed E-state index contributed by atoms with van der Waals surface area (Å²) in [6, 6.07) is 9.72. The van der Waals surface area contributed by atoms with Gasteiger partial charge in [-0.3, -0.25) is 4.79 Å². The first-order valence-electron chi connectivity index (χ1n) is 8.83. The number of ether oxygens (including phenoxy) is 1. The predicted molar refractivity (Wildman–Crippen MR) is 112 cm³/mol. The van der Waals surface area contributed by atoms with Crippen LogP contribution in [0.3, 0.4) is 0 Å². The van der Waals surface area contributed by atoms with Crippen LogP contribution in [0.5, 0.6) is 5.75 Å². The lowest BCUT2D eigenvalue weighted by Gasteiger charge is -2.11. The molecule has 0 saturated heterocycles. The molecule has 0 aliphatic carbocycles. The van der Waals surface area contributed by atoms with Gasteiger partial charge in [0.1, 0.15) is 5.75 Å². The van der Waals surface area contributed by atoms with Crippen molar-refractivity contribution in [2.45, 2.75) is 29.7 Å². The lowest BCUT2D eigenvalue weighted by molar-refractivity contribution is -0.123. The number of nitrogens with two attached hydrogens (primary N) is 1. The molecule has 0 unspecified atom stereocenters. The van der Waals surface area contributed by atoms with Crippen LogP contribution in [-0.2, 0) is 31.4 Å². The van der Waals surface area contributed by atoms with E-state index in [0.717, 1.165) is 0 Å². The standard InChI is InChI=1S/C18H22ClN3O6S2/c1-2-9-22-30(26,27)15-7-8-17(16(19)10-15)28-12-18(23)21-11-13-3-5-14(6-4-13)29(20,24)25/h3-8,10,22H,2,9,11-12H2,1H3,(H,21,23)(H2,20,24,25). The van der Waals surface area contributed by atoms with Gasteiger partial charge in [0, 0.05) is 13.1 Å². The van der Waals surface area contributed by atoms with Crippen LogP contribution in [-0.4, -0.2) is 35.9 Å². The van der Waals surface area contributed by atoms with E-state index in [4.69, 9.17) is 21.5 Å². The zero-order chi connectivity index (χ0) is 22.4. The zero-order valence-corrected chi connectivity index (χ0v) is 18.5. The van der Waals surface area contributed by atoms with Crippen LogP contribution in [0.2, 0.25) is 5.02 Å². The fourth-order valence-electron chi connectivity index (χ4n) is 2.28. The van der Waals surface area contributed by atoms with Gasteiger partial charge in [0.15, 0.2) is 6.61 Å². The first-order chi connectivity index (χ1) is 14.0. The number of sulfonamides is 2. The maximum Gasteiger partial charge on any atom is 0.258 e. The van der Waals surface area contributed by atoms with Crippen LogP contribution in [0.25, 0.3) is 0 Å². The Balaban J connectivity index is 1.90. The number of nitrogens with one attached hydrogen (secondary N) is 2. The number of halogens is 1. The third kappa shape index (κ3) is 6.96. The van der Waals surface area contributed by atoms with Crippen molar-refractivity contribution in [1.29, 1.82) is 0 Å². The predicted octanol–water partition coefficient (Wildman–Crippen LogP) is 1.37. The van der Waals surface area contributed by atoms with Gasteiger partial charge in [-0.2, -0.15) is 0 Å². The minimum atomic E-state index is -3.77. The smallest absolute Gasteiger partial charge is 0.258 e. The summed E-state index contributed by atoms with van der Waals surface area (Å²) < 4.78 is 54.4. The van der Waals surface area contributed by atoms with Crippen LogP contribution in [0.1, 0.15) is 18.9 Å². The third-order valence-electron chi connectivity index (χ3n) is 3.86. The highest BCUT2D eigenvalue weighted by Crippen LogP contribution is 2.27. The number of carbonyl (C=O) groups excluding carboxylic acids is 1. The van der Waals surface area contributed by atoms with Gasteiger partial charge in [0.05, 0.1) is 14.8 Å². The largest absolute Gasteiger partial charge is 0.482 e. The second kappa shape index (κ2) is 10.2. The zero-order valence-electron chi connectivity index (χ0n) is 16.1. The van der Waals surface area contributed by atoms with E-state index in [1.54, 1.807) is 0 Å². The Morgan fingerprint density at radius 3 is 2.27 bits per heavy atom. The second-order valence-corrected chi connectivity index (χ2v) is 9.98. The van der Waals surface area contributed by atoms with Crippen LogP contribution in [0.15, 0.2) is 52.3 Å². The van der Waals surface area contributed by atoms with Gasteiger partial charge in [0.25, 0.3) is 5.91 Å². The maximum atomic E-state index is 12.1. The Labute approximate surface area is 180 Å². The van der Waals surface area contributed by atoms with Gasteiger partial charge >= 0.3 is 0 Å². The van der Waals surface area contributed by atoms with Crippen LogP contribution >= 0.6 is 11.6 Å². The van der Waals surface area contributed by atoms with Crippen LogP contribution in [0.4, 0.5) is 0 Å². The molecule has 0 atom stereocenters. The molecule has 0 aromatic heterocycles. The summed E-state index contributed by atoms with van der Waals surface area (Å²) in [5, 5.41) is 7.70.